The van der Waals surface area contributed by atoms with Crippen LogP contribution >= 0.6 is 0 Å². The Morgan fingerprint density at radius 1 is 1.88 bits per heavy atom. The van der Waals surface area contributed by atoms with Gasteiger partial charge in [-0.25, -0.2) is 5.90 Å². The highest BCUT2D eigenvalue weighted by molar-refractivity contribution is 5.49. The van der Waals surface area contributed by atoms with Gasteiger partial charge in [-0.1, -0.05) is 0 Å². The molecular weight excluding hydrogens is 110 g/mol. The van der Waals surface area contributed by atoms with Crippen LogP contribution in [0.15, 0.2) is 0 Å². The first-order valence-electron chi connectivity index (χ1n) is 2.24. The van der Waals surface area contributed by atoms with Crippen LogP contribution in [0.3, 0.4) is 0 Å². The third-order valence-electron chi connectivity index (χ3n) is 0.657. The number of aliphatic hydroxyl groups is 1. The predicted molar refractivity (Wildman–Crippen MR) is 26.8 cm³/mol. The molecule has 0 aliphatic carbocycles. The summed E-state index contributed by atoms with van der Waals surface area (Å²) in [5, 5.41) is 8.61. The molecule has 48 valence electrons. The molecule has 0 saturated heterocycles. The van der Waals surface area contributed by atoms with E-state index in [0.717, 1.165) is 0 Å². The highest BCUT2D eigenvalue weighted by Crippen LogP contribution is 1.84. The van der Waals surface area contributed by atoms with Gasteiger partial charge in [-0.2, -0.15) is 0 Å². The van der Waals surface area contributed by atoms with Crippen LogP contribution in [0.5, 0.6) is 0 Å². The first-order chi connectivity index (χ1) is 3.81. The molecule has 0 bridgehead atoms. The smallest absolute Gasteiger partial charge is 0.122 e. The van der Waals surface area contributed by atoms with Gasteiger partial charge in [0.05, 0.1) is 12.7 Å². The Hall–Kier alpha value is -0.450. The average molecular weight is 119 g/mol. The van der Waals surface area contributed by atoms with Crippen LogP contribution in [0, 0.1) is 0 Å². The minimum Gasteiger partial charge on any atom is -0.390 e. The Morgan fingerprint density at radius 3 is 2.88 bits per heavy atom. The maximum atomic E-state index is 9.63. The van der Waals surface area contributed by atoms with Gasteiger partial charge < -0.3 is 14.7 Å². The van der Waals surface area contributed by atoms with Crippen molar-refractivity contribution in [2.24, 2.45) is 5.90 Å². The highest BCUT2D eigenvalue weighted by atomic mass is 16.6. The molecule has 0 amide bonds. The molecule has 0 heterocycles. The standard InChI is InChI=1S/C4H9NO3/c5-8-3-4(7)1-2-6/h2,4,7H,1,3,5H2. The Bertz CT molecular complexity index is 66.3. The number of aliphatic hydroxyl groups excluding tert-OH is 1. The molecule has 0 radical (unpaired) electrons. The van der Waals surface area contributed by atoms with Gasteiger partial charge in [0.1, 0.15) is 6.29 Å². The number of aldehydes is 1. The summed E-state index contributed by atoms with van der Waals surface area (Å²) in [4.78, 5) is 13.7. The molecule has 0 aromatic rings. The zero-order valence-corrected chi connectivity index (χ0v) is 4.41. The lowest BCUT2D eigenvalue weighted by Gasteiger charge is -2.01. The van der Waals surface area contributed by atoms with Gasteiger partial charge in [-0.3, -0.25) is 0 Å². The van der Waals surface area contributed by atoms with E-state index in [2.05, 4.69) is 10.7 Å². The summed E-state index contributed by atoms with van der Waals surface area (Å²) in [5.74, 6) is 4.58. The summed E-state index contributed by atoms with van der Waals surface area (Å²) in [5.41, 5.74) is 0. The minimum absolute atomic E-state index is 0.0126. The molecular formula is C4H9NO3. The van der Waals surface area contributed by atoms with Crippen molar-refractivity contribution >= 4 is 6.29 Å². The molecule has 1 unspecified atom stereocenters. The first-order valence-corrected chi connectivity index (χ1v) is 2.24. The molecule has 0 saturated carbocycles. The zero-order chi connectivity index (χ0) is 6.41. The van der Waals surface area contributed by atoms with Crippen LogP contribution < -0.4 is 5.90 Å². The van der Waals surface area contributed by atoms with Crippen LogP contribution in [-0.4, -0.2) is 24.1 Å². The van der Waals surface area contributed by atoms with Gasteiger partial charge in [0.15, 0.2) is 0 Å². The molecule has 0 rings (SSSR count). The topological polar surface area (TPSA) is 72.6 Å². The van der Waals surface area contributed by atoms with Gasteiger partial charge in [-0.15, -0.1) is 0 Å². The van der Waals surface area contributed by atoms with Gasteiger partial charge in [0.2, 0.25) is 0 Å². The lowest BCUT2D eigenvalue weighted by atomic mass is 10.3. The van der Waals surface area contributed by atoms with Crippen molar-refractivity contribution in [3.8, 4) is 0 Å². The Kier molecular flexibility index (Phi) is 4.44. The lowest BCUT2D eigenvalue weighted by molar-refractivity contribution is -0.110. The lowest BCUT2D eigenvalue weighted by Crippen LogP contribution is -2.17. The quantitative estimate of drug-likeness (QED) is 0.361. The molecule has 3 N–H and O–H groups in total. The number of rotatable bonds is 4. The second-order valence-electron chi connectivity index (χ2n) is 1.39. The number of hydrogen-bond acceptors (Lipinski definition) is 4. The first kappa shape index (κ1) is 7.55. The van der Waals surface area contributed by atoms with Crippen LogP contribution in [0.2, 0.25) is 0 Å². The molecule has 4 heteroatoms. The van der Waals surface area contributed by atoms with Gasteiger partial charge in [0, 0.05) is 6.42 Å². The predicted octanol–water partition coefficient (Wildman–Crippen LogP) is -1.17. The largest absolute Gasteiger partial charge is 0.390 e. The van der Waals surface area contributed by atoms with Gasteiger partial charge >= 0.3 is 0 Å². The summed E-state index contributed by atoms with van der Waals surface area (Å²) in [7, 11) is 0. The molecule has 0 aromatic heterocycles. The molecule has 4 nitrogen and oxygen atoms in total. The van der Waals surface area contributed by atoms with Crippen molar-refractivity contribution in [3.05, 3.63) is 0 Å². The number of hydrogen-bond donors (Lipinski definition) is 2. The monoisotopic (exact) mass is 119 g/mol. The SMILES string of the molecule is NOCC(O)CC=O. The Balaban J connectivity index is 3.03. The van der Waals surface area contributed by atoms with Crippen molar-refractivity contribution in [1.29, 1.82) is 0 Å². The van der Waals surface area contributed by atoms with Crippen molar-refractivity contribution in [1.82, 2.24) is 0 Å². The normalized spacial score (nSPS) is 13.2. The zero-order valence-electron chi connectivity index (χ0n) is 4.41. The number of carbonyl (C=O) groups excluding carboxylic acids is 1. The van der Waals surface area contributed by atoms with E-state index in [1.807, 2.05) is 0 Å². The van der Waals surface area contributed by atoms with E-state index in [1.165, 1.54) is 0 Å². The summed E-state index contributed by atoms with van der Waals surface area (Å²) in [6, 6.07) is 0. The van der Waals surface area contributed by atoms with E-state index in [9.17, 15) is 4.79 Å². The average Bonchev–Trinajstić information content (AvgIpc) is 1.68. The van der Waals surface area contributed by atoms with E-state index in [-0.39, 0.29) is 13.0 Å². The summed E-state index contributed by atoms with van der Waals surface area (Å²) in [6.45, 7) is 0.0126. The third kappa shape index (κ3) is 3.73. The van der Waals surface area contributed by atoms with Crippen molar-refractivity contribution < 1.29 is 14.7 Å². The van der Waals surface area contributed by atoms with E-state index < -0.39 is 6.10 Å². The molecule has 0 aliphatic heterocycles. The van der Waals surface area contributed by atoms with Crippen LogP contribution in [0.1, 0.15) is 6.42 Å². The van der Waals surface area contributed by atoms with E-state index >= 15 is 0 Å². The van der Waals surface area contributed by atoms with E-state index in [1.54, 1.807) is 0 Å². The van der Waals surface area contributed by atoms with E-state index in [0.29, 0.717) is 6.29 Å². The summed E-state index contributed by atoms with van der Waals surface area (Å²) >= 11 is 0. The van der Waals surface area contributed by atoms with E-state index in [4.69, 9.17) is 5.11 Å². The molecule has 1 atom stereocenters. The second-order valence-corrected chi connectivity index (χ2v) is 1.39. The highest BCUT2D eigenvalue weighted by Gasteiger charge is 1.99. The maximum Gasteiger partial charge on any atom is 0.122 e. The fourth-order valence-electron chi connectivity index (χ4n) is 0.290. The molecule has 8 heavy (non-hydrogen) atoms. The molecule has 0 spiro atoms. The summed E-state index contributed by atoms with van der Waals surface area (Å²) in [6.07, 6.45) is -0.0570. The van der Waals surface area contributed by atoms with Crippen molar-refractivity contribution in [2.45, 2.75) is 12.5 Å². The van der Waals surface area contributed by atoms with Gasteiger partial charge in [-0.05, 0) is 0 Å². The number of carbonyl (C=O) groups is 1. The van der Waals surface area contributed by atoms with Crippen molar-refractivity contribution in [3.63, 3.8) is 0 Å². The van der Waals surface area contributed by atoms with Gasteiger partial charge in [0.25, 0.3) is 0 Å². The van der Waals surface area contributed by atoms with Crippen LogP contribution in [0.25, 0.3) is 0 Å². The fraction of sp³-hybridized carbons (Fsp3) is 0.750. The Labute approximate surface area is 47.2 Å². The maximum absolute atomic E-state index is 9.63. The minimum atomic E-state index is -0.752. The molecule has 0 aromatic carbocycles. The third-order valence-corrected chi connectivity index (χ3v) is 0.657. The summed E-state index contributed by atoms with van der Waals surface area (Å²) < 4.78 is 0. The fourth-order valence-corrected chi connectivity index (χ4v) is 0.290. The van der Waals surface area contributed by atoms with Crippen molar-refractivity contribution in [2.75, 3.05) is 6.61 Å². The number of nitrogens with two attached hydrogens (primary N) is 1. The Morgan fingerprint density at radius 2 is 2.50 bits per heavy atom. The van der Waals surface area contributed by atoms with Crippen LogP contribution in [0.4, 0.5) is 0 Å². The second kappa shape index (κ2) is 4.70. The van der Waals surface area contributed by atoms with Crippen LogP contribution in [-0.2, 0) is 9.63 Å². The molecule has 0 fully saturated rings. The molecule has 0 aliphatic rings.